The molecular formula is C5H6Cl2O2S. The summed E-state index contributed by atoms with van der Waals surface area (Å²) in [5, 5.41) is -0.0718. The van der Waals surface area contributed by atoms with Crippen molar-refractivity contribution < 1.29 is 8.42 Å². The molecule has 0 aliphatic rings. The lowest BCUT2D eigenvalue weighted by Crippen LogP contribution is -1.93. The van der Waals surface area contributed by atoms with E-state index in [1.54, 1.807) is 0 Å². The predicted octanol–water partition coefficient (Wildman–Crippen LogP) is 2.21. The summed E-state index contributed by atoms with van der Waals surface area (Å²) in [6, 6.07) is 0. The van der Waals surface area contributed by atoms with Crippen LogP contribution in [0.5, 0.6) is 0 Å². The summed E-state index contributed by atoms with van der Waals surface area (Å²) in [6.45, 7) is 4.74. The van der Waals surface area contributed by atoms with Crippen LogP contribution in [0.15, 0.2) is 22.6 Å². The van der Waals surface area contributed by atoms with Gasteiger partial charge in [-0.15, -0.1) is 0 Å². The molecule has 0 spiro atoms. The quantitative estimate of drug-likeness (QED) is 0.507. The summed E-state index contributed by atoms with van der Waals surface area (Å²) in [6.07, 6.45) is 1.29. The molecule has 0 amide bonds. The highest BCUT2D eigenvalue weighted by Gasteiger charge is 2.14. The van der Waals surface area contributed by atoms with Gasteiger partial charge in [0.2, 0.25) is 0 Å². The summed E-state index contributed by atoms with van der Waals surface area (Å²) in [5.41, 5.74) is 0. The topological polar surface area (TPSA) is 34.1 Å². The Morgan fingerprint density at radius 2 is 2.00 bits per heavy atom. The molecule has 2 nitrogen and oxygen atoms in total. The van der Waals surface area contributed by atoms with Crippen LogP contribution in [0.1, 0.15) is 6.92 Å². The second-order valence-electron chi connectivity index (χ2n) is 1.50. The van der Waals surface area contributed by atoms with E-state index in [2.05, 4.69) is 6.58 Å². The zero-order valence-corrected chi connectivity index (χ0v) is 7.59. The predicted molar refractivity (Wildman–Crippen MR) is 43.5 cm³/mol. The average Bonchev–Trinajstić information content (AvgIpc) is 1.60. The van der Waals surface area contributed by atoms with Crippen LogP contribution in [0.4, 0.5) is 0 Å². The number of hydrogen-bond donors (Lipinski definition) is 0. The second kappa shape index (κ2) is 3.42. The first-order valence-electron chi connectivity index (χ1n) is 2.35. The molecule has 0 saturated carbocycles. The summed E-state index contributed by atoms with van der Waals surface area (Å²) in [5.74, 6) is 0. The summed E-state index contributed by atoms with van der Waals surface area (Å²) in [4.78, 5) is -0.143. The molecule has 10 heavy (non-hydrogen) atoms. The Balaban J connectivity index is 4.95. The van der Waals surface area contributed by atoms with Crippen LogP contribution in [-0.2, 0) is 9.05 Å². The van der Waals surface area contributed by atoms with E-state index in [0.717, 1.165) is 0 Å². The third-order valence-electron chi connectivity index (χ3n) is 0.792. The lowest BCUT2D eigenvalue weighted by Gasteiger charge is -1.96. The molecule has 0 saturated heterocycles. The fourth-order valence-electron chi connectivity index (χ4n) is 0.430. The van der Waals surface area contributed by atoms with Crippen molar-refractivity contribution in [1.82, 2.24) is 0 Å². The van der Waals surface area contributed by atoms with Crippen LogP contribution in [0, 0.1) is 0 Å². The Morgan fingerprint density at radius 3 is 2.00 bits per heavy atom. The molecule has 0 heterocycles. The van der Waals surface area contributed by atoms with Crippen molar-refractivity contribution in [3.05, 3.63) is 22.6 Å². The molecule has 0 bridgehead atoms. The van der Waals surface area contributed by atoms with E-state index in [4.69, 9.17) is 22.3 Å². The fourth-order valence-corrected chi connectivity index (χ4v) is 2.05. The summed E-state index contributed by atoms with van der Waals surface area (Å²) >= 11 is 5.30. The van der Waals surface area contributed by atoms with E-state index >= 15 is 0 Å². The van der Waals surface area contributed by atoms with E-state index in [1.807, 2.05) is 0 Å². The van der Waals surface area contributed by atoms with Gasteiger partial charge in [0.05, 0.1) is 9.94 Å². The van der Waals surface area contributed by atoms with Gasteiger partial charge in [0, 0.05) is 10.7 Å². The largest absolute Gasteiger partial charge is 0.262 e. The Labute approximate surface area is 69.6 Å². The van der Waals surface area contributed by atoms with Crippen LogP contribution < -0.4 is 0 Å². The lowest BCUT2D eigenvalue weighted by atomic mass is 10.5. The van der Waals surface area contributed by atoms with Crippen LogP contribution in [0.25, 0.3) is 0 Å². The normalized spacial score (nSPS) is 13.3. The molecule has 0 aromatic carbocycles. The van der Waals surface area contributed by atoms with Gasteiger partial charge < -0.3 is 0 Å². The SMILES string of the molecule is C=C(Cl)/C(=C\C)S(=O)(=O)Cl. The first kappa shape index (κ1) is 10.0. The molecule has 58 valence electrons. The maximum absolute atomic E-state index is 10.6. The van der Waals surface area contributed by atoms with Crippen molar-refractivity contribution in [3.63, 3.8) is 0 Å². The van der Waals surface area contributed by atoms with E-state index in [-0.39, 0.29) is 9.94 Å². The van der Waals surface area contributed by atoms with Crippen molar-refractivity contribution >= 4 is 31.3 Å². The molecule has 0 radical (unpaired) electrons. The number of rotatable bonds is 2. The lowest BCUT2D eigenvalue weighted by molar-refractivity contribution is 0.615. The summed E-state index contributed by atoms with van der Waals surface area (Å²) in [7, 11) is 1.24. The van der Waals surface area contributed by atoms with Crippen molar-refractivity contribution in [2.24, 2.45) is 0 Å². The monoisotopic (exact) mass is 200 g/mol. The van der Waals surface area contributed by atoms with Gasteiger partial charge >= 0.3 is 0 Å². The Morgan fingerprint density at radius 1 is 1.60 bits per heavy atom. The van der Waals surface area contributed by atoms with Gasteiger partial charge in [-0.3, -0.25) is 0 Å². The van der Waals surface area contributed by atoms with E-state index < -0.39 is 9.05 Å². The van der Waals surface area contributed by atoms with Crippen molar-refractivity contribution in [2.45, 2.75) is 6.92 Å². The molecule has 0 atom stereocenters. The average molecular weight is 201 g/mol. The van der Waals surface area contributed by atoms with Crippen LogP contribution in [0.3, 0.4) is 0 Å². The highest BCUT2D eigenvalue weighted by molar-refractivity contribution is 8.17. The molecule has 0 N–H and O–H groups in total. The summed E-state index contributed by atoms with van der Waals surface area (Å²) < 4.78 is 21.1. The molecule has 0 aromatic rings. The fraction of sp³-hybridized carbons (Fsp3) is 0.200. The molecule has 0 rings (SSSR count). The smallest absolute Gasteiger partial charge is 0.207 e. The van der Waals surface area contributed by atoms with E-state index in [1.165, 1.54) is 13.0 Å². The van der Waals surface area contributed by atoms with Gasteiger partial charge in [-0.05, 0) is 6.92 Å². The maximum Gasteiger partial charge on any atom is 0.262 e. The van der Waals surface area contributed by atoms with Crippen LogP contribution >= 0.6 is 22.3 Å². The molecule has 0 fully saturated rings. The number of allylic oxidation sites excluding steroid dienone is 2. The Bertz CT molecular complexity index is 263. The van der Waals surface area contributed by atoms with Gasteiger partial charge in [0.1, 0.15) is 0 Å². The standard InChI is InChI=1S/C5H6Cl2O2S/c1-3-5(4(2)6)10(7,8)9/h3H,2H2,1H3/b5-3+. The van der Waals surface area contributed by atoms with Crippen LogP contribution in [0.2, 0.25) is 0 Å². The first-order chi connectivity index (χ1) is 4.39. The molecule has 0 aliphatic carbocycles. The van der Waals surface area contributed by atoms with Gasteiger partial charge in [0.15, 0.2) is 0 Å². The van der Waals surface area contributed by atoms with E-state index in [0.29, 0.717) is 0 Å². The first-order valence-corrected chi connectivity index (χ1v) is 5.04. The van der Waals surface area contributed by atoms with Crippen molar-refractivity contribution in [2.75, 3.05) is 0 Å². The van der Waals surface area contributed by atoms with Crippen molar-refractivity contribution in [3.8, 4) is 0 Å². The Kier molecular flexibility index (Phi) is 3.42. The molecule has 0 aliphatic heterocycles. The van der Waals surface area contributed by atoms with Crippen molar-refractivity contribution in [1.29, 1.82) is 0 Å². The van der Waals surface area contributed by atoms with E-state index in [9.17, 15) is 8.42 Å². The molecule has 5 heteroatoms. The third kappa shape index (κ3) is 2.73. The molecule has 0 unspecified atom stereocenters. The molecule has 0 aromatic heterocycles. The maximum atomic E-state index is 10.6. The third-order valence-corrected chi connectivity index (χ3v) is 2.61. The van der Waals surface area contributed by atoms with Gasteiger partial charge in [-0.2, -0.15) is 0 Å². The van der Waals surface area contributed by atoms with Gasteiger partial charge in [-0.1, -0.05) is 24.3 Å². The minimum Gasteiger partial charge on any atom is -0.207 e. The second-order valence-corrected chi connectivity index (χ2v) is 4.49. The van der Waals surface area contributed by atoms with Gasteiger partial charge in [-0.25, -0.2) is 8.42 Å². The minimum atomic E-state index is -3.71. The molecular weight excluding hydrogens is 195 g/mol. The number of hydrogen-bond acceptors (Lipinski definition) is 2. The minimum absolute atomic E-state index is 0.0718. The number of halogens is 2. The zero-order chi connectivity index (χ0) is 8.36. The highest BCUT2D eigenvalue weighted by atomic mass is 35.7. The highest BCUT2D eigenvalue weighted by Crippen LogP contribution is 2.21. The Hall–Kier alpha value is 0.01000. The zero-order valence-electron chi connectivity index (χ0n) is 5.27. The van der Waals surface area contributed by atoms with Crippen LogP contribution in [-0.4, -0.2) is 8.42 Å². The van der Waals surface area contributed by atoms with Gasteiger partial charge in [0.25, 0.3) is 9.05 Å².